The van der Waals surface area contributed by atoms with Crippen LogP contribution in [0.4, 0.5) is 0 Å². The van der Waals surface area contributed by atoms with Gasteiger partial charge in [-0.05, 0) is 19.8 Å². The maximum Gasteiger partial charge on any atom is 0.126 e. The number of hydrogen-bond acceptors (Lipinski definition) is 4. The molecule has 0 spiro atoms. The first kappa shape index (κ1) is 8.84. The fraction of sp³-hybridized carbons (Fsp3) is 1.00. The van der Waals surface area contributed by atoms with Crippen molar-refractivity contribution in [1.29, 1.82) is 0 Å². The maximum atomic E-state index is 8.68. The predicted molar refractivity (Wildman–Crippen MR) is 31.8 cm³/mol. The molecule has 0 aliphatic rings. The molecule has 0 saturated heterocycles. The Bertz CT molecular complexity index is 67.2. The van der Waals surface area contributed by atoms with Gasteiger partial charge in [-0.25, -0.2) is 0 Å². The first-order valence-corrected chi connectivity index (χ1v) is 2.92. The summed E-state index contributed by atoms with van der Waals surface area (Å²) in [5.74, 6) is 0. The lowest BCUT2D eigenvalue weighted by Gasteiger charge is -2.08. The second-order valence-electron chi connectivity index (χ2n) is 2.07. The van der Waals surface area contributed by atoms with Crippen LogP contribution in [0.25, 0.3) is 0 Å². The Labute approximate surface area is 54.1 Å². The second kappa shape index (κ2) is 4.69. The fourth-order valence-corrected chi connectivity index (χ4v) is 0.464. The third-order valence-corrected chi connectivity index (χ3v) is 1.01. The topological polar surface area (TPSA) is 72.7 Å². The number of aliphatic hydroxyl groups is 2. The lowest BCUT2D eigenvalue weighted by molar-refractivity contribution is -0.00951. The van der Waals surface area contributed by atoms with Crippen molar-refractivity contribution in [2.24, 2.45) is 0 Å². The van der Waals surface area contributed by atoms with Crippen LogP contribution in [0.15, 0.2) is 0 Å². The Kier molecular flexibility index (Phi) is 4.61. The van der Waals surface area contributed by atoms with Gasteiger partial charge >= 0.3 is 0 Å². The molecular weight excluding hydrogens is 122 g/mol. The molecule has 0 aliphatic heterocycles. The van der Waals surface area contributed by atoms with Crippen LogP contribution in [0.2, 0.25) is 0 Å². The van der Waals surface area contributed by atoms with Gasteiger partial charge in [0.1, 0.15) is 6.23 Å². The molecule has 0 fully saturated rings. The zero-order valence-corrected chi connectivity index (χ0v) is 5.41. The molecule has 0 radical (unpaired) electrons. The van der Waals surface area contributed by atoms with E-state index in [-0.39, 0.29) is 0 Å². The molecule has 0 heterocycles. The highest BCUT2D eigenvalue weighted by atomic mass is 16.5. The van der Waals surface area contributed by atoms with Gasteiger partial charge in [0.05, 0.1) is 6.10 Å². The van der Waals surface area contributed by atoms with Crippen molar-refractivity contribution in [3.63, 3.8) is 0 Å². The van der Waals surface area contributed by atoms with Crippen LogP contribution in [0.5, 0.6) is 0 Å². The summed E-state index contributed by atoms with van der Waals surface area (Å²) in [6.45, 7) is 1.63. The van der Waals surface area contributed by atoms with E-state index in [4.69, 9.17) is 15.4 Å². The van der Waals surface area contributed by atoms with Crippen molar-refractivity contribution in [3.05, 3.63) is 0 Å². The Balaban J connectivity index is 3.06. The zero-order valence-electron chi connectivity index (χ0n) is 5.41. The summed E-state index contributed by atoms with van der Waals surface area (Å²) in [5, 5.41) is 25.4. The van der Waals surface area contributed by atoms with Crippen molar-refractivity contribution < 1.29 is 15.4 Å². The van der Waals surface area contributed by atoms with E-state index in [1.165, 1.54) is 0 Å². The molecule has 56 valence electrons. The quantitative estimate of drug-likeness (QED) is 0.308. The van der Waals surface area contributed by atoms with Gasteiger partial charge < -0.3 is 15.4 Å². The summed E-state index contributed by atoms with van der Waals surface area (Å²) >= 11 is 0. The summed E-state index contributed by atoms with van der Waals surface area (Å²) in [4.78, 5) is 0. The molecule has 0 aromatic carbocycles. The first-order chi connectivity index (χ1) is 4.16. The Morgan fingerprint density at radius 2 is 1.89 bits per heavy atom. The van der Waals surface area contributed by atoms with E-state index in [0.29, 0.717) is 12.8 Å². The number of rotatable bonds is 4. The molecule has 0 rings (SSSR count). The Morgan fingerprint density at radius 3 is 2.22 bits per heavy atom. The zero-order chi connectivity index (χ0) is 7.28. The number of hydrogen-bond donors (Lipinski definition) is 4. The largest absolute Gasteiger partial charge is 0.393 e. The van der Waals surface area contributed by atoms with Crippen LogP contribution >= 0.6 is 0 Å². The van der Waals surface area contributed by atoms with Gasteiger partial charge in [-0.3, -0.25) is 0 Å². The van der Waals surface area contributed by atoms with Gasteiger partial charge in [-0.15, -0.1) is 0 Å². The third-order valence-electron chi connectivity index (χ3n) is 1.01. The normalized spacial score (nSPS) is 17.3. The van der Waals surface area contributed by atoms with Gasteiger partial charge in [0.25, 0.3) is 0 Å². The van der Waals surface area contributed by atoms with Gasteiger partial charge in [0.2, 0.25) is 0 Å². The summed E-state index contributed by atoms with van der Waals surface area (Å²) in [5.41, 5.74) is 1.66. The van der Waals surface area contributed by atoms with Crippen molar-refractivity contribution in [2.45, 2.75) is 32.1 Å². The van der Waals surface area contributed by atoms with Gasteiger partial charge in [0, 0.05) is 0 Å². The van der Waals surface area contributed by atoms with E-state index in [1.54, 1.807) is 12.4 Å². The standard InChI is InChI=1S/C5H13NO3/c1-4(7)2-3-5(8)6-9/h4-9H,2-3H2,1H3. The average molecular weight is 135 g/mol. The number of aliphatic hydroxyl groups excluding tert-OH is 2. The van der Waals surface area contributed by atoms with Crippen LogP contribution in [0.3, 0.4) is 0 Å². The fourth-order valence-electron chi connectivity index (χ4n) is 0.464. The Morgan fingerprint density at radius 1 is 1.33 bits per heavy atom. The lowest BCUT2D eigenvalue weighted by atomic mass is 10.2. The number of nitrogens with one attached hydrogen (secondary N) is 1. The van der Waals surface area contributed by atoms with Crippen LogP contribution in [-0.4, -0.2) is 27.8 Å². The minimum atomic E-state index is -0.917. The first-order valence-electron chi connectivity index (χ1n) is 2.92. The molecule has 0 saturated carbocycles. The summed E-state index contributed by atoms with van der Waals surface area (Å²) in [7, 11) is 0. The predicted octanol–water partition coefficient (Wildman–Crippen LogP) is -0.555. The van der Waals surface area contributed by atoms with Crippen molar-refractivity contribution in [1.82, 2.24) is 5.48 Å². The molecule has 2 atom stereocenters. The highest BCUT2D eigenvalue weighted by Crippen LogP contribution is 1.97. The third kappa shape index (κ3) is 5.72. The van der Waals surface area contributed by atoms with E-state index in [1.807, 2.05) is 0 Å². The van der Waals surface area contributed by atoms with Gasteiger partial charge in [-0.2, -0.15) is 5.48 Å². The van der Waals surface area contributed by atoms with Gasteiger partial charge in [0.15, 0.2) is 0 Å². The van der Waals surface area contributed by atoms with E-state index in [2.05, 4.69) is 0 Å². The molecular formula is C5H13NO3. The molecule has 9 heavy (non-hydrogen) atoms. The highest BCUT2D eigenvalue weighted by Gasteiger charge is 2.02. The summed E-state index contributed by atoms with van der Waals surface area (Å²) in [6.07, 6.45) is -0.504. The molecule has 0 aliphatic carbocycles. The molecule has 4 heteroatoms. The van der Waals surface area contributed by atoms with Crippen molar-refractivity contribution in [3.8, 4) is 0 Å². The van der Waals surface area contributed by atoms with Crippen LogP contribution in [0, 0.1) is 0 Å². The Hall–Kier alpha value is -0.160. The van der Waals surface area contributed by atoms with Crippen LogP contribution in [-0.2, 0) is 0 Å². The summed E-state index contributed by atoms with van der Waals surface area (Å²) in [6, 6.07) is 0. The molecule has 0 aromatic rings. The van der Waals surface area contributed by atoms with E-state index >= 15 is 0 Å². The molecule has 4 nitrogen and oxygen atoms in total. The van der Waals surface area contributed by atoms with Crippen LogP contribution in [0.1, 0.15) is 19.8 Å². The second-order valence-corrected chi connectivity index (χ2v) is 2.07. The highest BCUT2D eigenvalue weighted by molar-refractivity contribution is 4.50. The lowest BCUT2D eigenvalue weighted by Crippen LogP contribution is -2.25. The molecule has 0 aromatic heterocycles. The van der Waals surface area contributed by atoms with E-state index < -0.39 is 12.3 Å². The SMILES string of the molecule is CC(O)CCC(O)NO. The summed E-state index contributed by atoms with van der Waals surface area (Å²) < 4.78 is 0. The smallest absolute Gasteiger partial charge is 0.126 e. The minimum absolute atomic E-state index is 0.355. The van der Waals surface area contributed by atoms with Crippen molar-refractivity contribution >= 4 is 0 Å². The van der Waals surface area contributed by atoms with E-state index in [0.717, 1.165) is 0 Å². The van der Waals surface area contributed by atoms with Crippen LogP contribution < -0.4 is 5.48 Å². The molecule has 2 unspecified atom stereocenters. The van der Waals surface area contributed by atoms with E-state index in [9.17, 15) is 0 Å². The monoisotopic (exact) mass is 135 g/mol. The average Bonchev–Trinajstić information content (AvgIpc) is 1.83. The molecule has 0 amide bonds. The maximum absolute atomic E-state index is 8.68. The number of hydroxylamine groups is 1. The minimum Gasteiger partial charge on any atom is -0.393 e. The molecule has 4 N–H and O–H groups in total. The molecule has 0 bridgehead atoms. The van der Waals surface area contributed by atoms with Gasteiger partial charge in [-0.1, -0.05) is 0 Å². The van der Waals surface area contributed by atoms with Crippen molar-refractivity contribution in [2.75, 3.05) is 0 Å².